The van der Waals surface area contributed by atoms with Crippen molar-refractivity contribution in [3.05, 3.63) is 48.6 Å². The van der Waals surface area contributed by atoms with E-state index in [4.69, 9.17) is 18.9 Å². The second-order valence-corrected chi connectivity index (χ2v) is 5.23. The minimum Gasteiger partial charge on any atom is -0.460 e. The number of ether oxygens (including phenoxy) is 4. The Morgan fingerprint density at radius 1 is 1.43 bits per heavy atom. The minimum atomic E-state index is -0.264. The molecule has 1 saturated heterocycles. The first-order valence-corrected chi connectivity index (χ1v) is 7.63. The lowest BCUT2D eigenvalue weighted by molar-refractivity contribution is -0.147. The number of rotatable bonds is 8. The van der Waals surface area contributed by atoms with Crippen molar-refractivity contribution in [2.45, 2.75) is 32.2 Å². The van der Waals surface area contributed by atoms with E-state index in [9.17, 15) is 4.79 Å². The average Bonchev–Trinajstić information content (AvgIpc) is 3.33. The molecule has 1 aromatic rings. The van der Waals surface area contributed by atoms with Gasteiger partial charge in [0.15, 0.2) is 0 Å². The first-order chi connectivity index (χ1) is 11.1. The van der Waals surface area contributed by atoms with E-state index < -0.39 is 0 Å². The summed E-state index contributed by atoms with van der Waals surface area (Å²) in [5.41, 5.74) is 1.14. The summed E-state index contributed by atoms with van der Waals surface area (Å²) in [4.78, 5) is 10.3. The Morgan fingerprint density at radius 3 is 2.57 bits per heavy atom. The predicted octanol–water partition coefficient (Wildman–Crippen LogP) is 2.91. The molecule has 1 aliphatic rings. The zero-order valence-corrected chi connectivity index (χ0v) is 14.1. The fourth-order valence-corrected chi connectivity index (χ4v) is 1.87. The summed E-state index contributed by atoms with van der Waals surface area (Å²) < 4.78 is 20.2. The molecule has 23 heavy (non-hydrogen) atoms. The van der Waals surface area contributed by atoms with Gasteiger partial charge in [0.25, 0.3) is 0 Å². The first-order valence-electron chi connectivity index (χ1n) is 7.63. The molecule has 1 fully saturated rings. The summed E-state index contributed by atoms with van der Waals surface area (Å²) in [6.45, 7) is 8.88. The third-order valence-corrected chi connectivity index (χ3v) is 2.97. The zero-order chi connectivity index (χ0) is 17.1. The number of carbonyl (C=O) groups is 1. The summed E-state index contributed by atoms with van der Waals surface area (Å²) in [7, 11) is 1.57. The Bertz CT molecular complexity index is 456. The fourth-order valence-electron chi connectivity index (χ4n) is 1.87. The molecule has 2 rings (SSSR count). The number of benzene rings is 1. The highest BCUT2D eigenvalue weighted by atomic mass is 16.6. The first kappa shape index (κ1) is 19.4. The van der Waals surface area contributed by atoms with Crippen molar-refractivity contribution in [3.8, 4) is 0 Å². The van der Waals surface area contributed by atoms with Gasteiger partial charge in [-0.1, -0.05) is 36.4 Å². The van der Waals surface area contributed by atoms with Crippen LogP contribution in [-0.2, 0) is 23.7 Å². The summed E-state index contributed by atoms with van der Waals surface area (Å²) in [6.07, 6.45) is 1.98. The molecule has 0 aromatic heterocycles. The molecule has 0 radical (unpaired) electrons. The van der Waals surface area contributed by atoms with E-state index in [0.717, 1.165) is 12.2 Å². The number of esters is 1. The van der Waals surface area contributed by atoms with Crippen molar-refractivity contribution in [1.29, 1.82) is 0 Å². The normalized spacial score (nSPS) is 18.1. The summed E-state index contributed by atoms with van der Waals surface area (Å²) in [6, 6.07) is 10.1. The maximum Gasteiger partial charge on any atom is 0.302 e. The topological polar surface area (TPSA) is 57.3 Å². The van der Waals surface area contributed by atoms with Gasteiger partial charge in [0.1, 0.15) is 18.3 Å². The van der Waals surface area contributed by atoms with Crippen molar-refractivity contribution in [3.63, 3.8) is 0 Å². The number of carbonyl (C=O) groups excluding carboxylic acids is 1. The van der Waals surface area contributed by atoms with Gasteiger partial charge in [0.05, 0.1) is 19.8 Å². The molecule has 3 unspecified atom stereocenters. The van der Waals surface area contributed by atoms with Crippen LogP contribution in [0, 0.1) is 0 Å². The van der Waals surface area contributed by atoms with Gasteiger partial charge in [0.2, 0.25) is 0 Å². The van der Waals surface area contributed by atoms with Gasteiger partial charge in [-0.15, -0.1) is 6.58 Å². The molecule has 1 heterocycles. The van der Waals surface area contributed by atoms with Gasteiger partial charge in [-0.25, -0.2) is 0 Å². The molecule has 5 nitrogen and oxygen atoms in total. The van der Waals surface area contributed by atoms with Crippen molar-refractivity contribution in [2.24, 2.45) is 0 Å². The van der Waals surface area contributed by atoms with Gasteiger partial charge in [-0.05, 0) is 12.5 Å². The summed E-state index contributed by atoms with van der Waals surface area (Å²) in [5, 5.41) is 0. The van der Waals surface area contributed by atoms with Crippen LogP contribution in [0.5, 0.6) is 0 Å². The van der Waals surface area contributed by atoms with Crippen LogP contribution in [0.15, 0.2) is 43.0 Å². The average molecular weight is 322 g/mol. The molecule has 0 saturated carbocycles. The number of epoxide rings is 1. The van der Waals surface area contributed by atoms with E-state index in [-0.39, 0.29) is 18.2 Å². The van der Waals surface area contributed by atoms with E-state index in [0.29, 0.717) is 19.3 Å². The van der Waals surface area contributed by atoms with Crippen LogP contribution < -0.4 is 0 Å². The highest BCUT2D eigenvalue weighted by Gasteiger charge is 2.23. The fraction of sp³-hybridized carbons (Fsp3) is 0.500. The zero-order valence-electron chi connectivity index (χ0n) is 14.1. The highest BCUT2D eigenvalue weighted by Crippen LogP contribution is 2.20. The highest BCUT2D eigenvalue weighted by molar-refractivity contribution is 5.66. The molecule has 0 aliphatic carbocycles. The number of hydrogen-bond acceptors (Lipinski definition) is 5. The van der Waals surface area contributed by atoms with Gasteiger partial charge < -0.3 is 18.9 Å². The largest absolute Gasteiger partial charge is 0.460 e. The molecule has 0 spiro atoms. The molecular formula is C18H26O5. The second-order valence-electron chi connectivity index (χ2n) is 5.23. The van der Waals surface area contributed by atoms with Gasteiger partial charge in [-0.2, -0.15) is 0 Å². The number of hydrogen-bond donors (Lipinski definition) is 0. The Morgan fingerprint density at radius 2 is 2.09 bits per heavy atom. The lowest BCUT2D eigenvalue weighted by atomic mass is 10.1. The third-order valence-electron chi connectivity index (χ3n) is 2.97. The van der Waals surface area contributed by atoms with Crippen LogP contribution in [-0.4, -0.2) is 45.1 Å². The molecule has 0 bridgehead atoms. The second kappa shape index (κ2) is 10.9. The Labute approximate surface area is 138 Å². The van der Waals surface area contributed by atoms with Gasteiger partial charge >= 0.3 is 5.97 Å². The van der Waals surface area contributed by atoms with E-state index in [1.165, 1.54) is 6.92 Å². The van der Waals surface area contributed by atoms with Crippen molar-refractivity contribution >= 4 is 5.97 Å². The lowest BCUT2D eigenvalue weighted by Gasteiger charge is -2.13. The Hall–Kier alpha value is -1.69. The SMILES string of the molecule is C=CC(OCC1CO1)c1ccccc1.COCC(C)OC(C)=O. The molecule has 1 aromatic carbocycles. The summed E-state index contributed by atoms with van der Waals surface area (Å²) >= 11 is 0. The quantitative estimate of drug-likeness (QED) is 0.418. The Balaban J connectivity index is 0.000000257. The molecule has 1 aliphatic heterocycles. The van der Waals surface area contributed by atoms with E-state index in [2.05, 4.69) is 6.58 Å². The maximum absolute atomic E-state index is 10.3. The van der Waals surface area contributed by atoms with Crippen molar-refractivity contribution in [1.82, 2.24) is 0 Å². The van der Waals surface area contributed by atoms with Gasteiger partial charge in [0, 0.05) is 14.0 Å². The standard InChI is InChI=1S/C12H14O2.C6H12O3/c1-2-12(14-9-11-8-13-11)10-6-4-3-5-7-10;1-5(4-8-3)9-6(2)7/h2-7,11-12H,1,8-9H2;5H,4H2,1-3H3. The molecule has 0 N–H and O–H groups in total. The molecule has 5 heteroatoms. The molecule has 0 amide bonds. The molecule has 3 atom stereocenters. The van der Waals surface area contributed by atoms with Crippen LogP contribution in [0.1, 0.15) is 25.5 Å². The lowest BCUT2D eigenvalue weighted by Crippen LogP contribution is -2.17. The molecular weight excluding hydrogens is 296 g/mol. The van der Waals surface area contributed by atoms with Crippen LogP contribution in [0.2, 0.25) is 0 Å². The van der Waals surface area contributed by atoms with Gasteiger partial charge in [-0.3, -0.25) is 4.79 Å². The monoisotopic (exact) mass is 322 g/mol. The smallest absolute Gasteiger partial charge is 0.302 e. The van der Waals surface area contributed by atoms with E-state index >= 15 is 0 Å². The summed E-state index contributed by atoms with van der Waals surface area (Å²) in [5.74, 6) is -0.264. The predicted molar refractivity (Wildman–Crippen MR) is 88.2 cm³/mol. The van der Waals surface area contributed by atoms with Crippen LogP contribution >= 0.6 is 0 Å². The van der Waals surface area contributed by atoms with Crippen LogP contribution in [0.4, 0.5) is 0 Å². The van der Waals surface area contributed by atoms with Crippen molar-refractivity contribution in [2.75, 3.05) is 26.9 Å². The minimum absolute atomic E-state index is 0.0135. The number of methoxy groups -OCH3 is 1. The van der Waals surface area contributed by atoms with E-state index in [1.807, 2.05) is 36.4 Å². The van der Waals surface area contributed by atoms with E-state index in [1.54, 1.807) is 14.0 Å². The third kappa shape index (κ3) is 9.13. The maximum atomic E-state index is 10.3. The Kier molecular flexibility index (Phi) is 9.21. The van der Waals surface area contributed by atoms with Crippen molar-refractivity contribution < 1.29 is 23.7 Å². The van der Waals surface area contributed by atoms with Crippen LogP contribution in [0.3, 0.4) is 0 Å². The molecule has 128 valence electrons. The van der Waals surface area contributed by atoms with Crippen LogP contribution in [0.25, 0.3) is 0 Å².